The zero-order valence-electron chi connectivity index (χ0n) is 12.0. The third kappa shape index (κ3) is 2.35. The third-order valence-electron chi connectivity index (χ3n) is 3.99. The van der Waals surface area contributed by atoms with Gasteiger partial charge in [0.05, 0.1) is 11.7 Å². The highest BCUT2D eigenvalue weighted by Crippen LogP contribution is 2.38. The van der Waals surface area contributed by atoms with E-state index in [0.29, 0.717) is 0 Å². The Balaban J connectivity index is 2.04. The van der Waals surface area contributed by atoms with Gasteiger partial charge in [0.25, 0.3) is 0 Å². The molecule has 0 saturated carbocycles. The summed E-state index contributed by atoms with van der Waals surface area (Å²) in [7, 11) is 0. The molecule has 3 rings (SSSR count). The highest BCUT2D eigenvalue weighted by molar-refractivity contribution is 5.87. The second-order valence-corrected chi connectivity index (χ2v) is 5.24. The van der Waals surface area contributed by atoms with Crippen LogP contribution in [-0.4, -0.2) is 32.5 Å². The number of amides is 1. The average molecular weight is 282 g/mol. The molecule has 21 heavy (non-hydrogen) atoms. The van der Waals surface area contributed by atoms with Gasteiger partial charge >= 0.3 is 0 Å². The lowest BCUT2D eigenvalue weighted by Crippen LogP contribution is -2.29. The number of hydrogen-bond donors (Lipinski definition) is 1. The fraction of sp³-hybridized carbons (Fsp3) is 0.312. The van der Waals surface area contributed by atoms with Gasteiger partial charge < -0.3 is 4.90 Å². The fourth-order valence-corrected chi connectivity index (χ4v) is 3.02. The van der Waals surface area contributed by atoms with E-state index < -0.39 is 0 Å². The molecule has 108 valence electrons. The van der Waals surface area contributed by atoms with Crippen LogP contribution in [0.15, 0.2) is 37.2 Å². The van der Waals surface area contributed by atoms with Crippen LogP contribution in [-0.2, 0) is 4.79 Å². The maximum atomic E-state index is 12.0. The summed E-state index contributed by atoms with van der Waals surface area (Å²) < 4.78 is 0. The molecule has 1 atom stereocenters. The molecule has 1 saturated heterocycles. The monoisotopic (exact) mass is 282 g/mol. The van der Waals surface area contributed by atoms with Gasteiger partial charge in [-0.25, -0.2) is 0 Å². The summed E-state index contributed by atoms with van der Waals surface area (Å²) in [5.74, 6) is -0.0150. The van der Waals surface area contributed by atoms with E-state index in [1.165, 1.54) is 6.08 Å². The van der Waals surface area contributed by atoms with Crippen LogP contribution in [0.3, 0.4) is 0 Å². The summed E-state index contributed by atoms with van der Waals surface area (Å²) in [4.78, 5) is 18.0. The van der Waals surface area contributed by atoms with E-state index in [9.17, 15) is 4.79 Å². The number of rotatable bonds is 3. The Kier molecular flexibility index (Phi) is 3.56. The Bertz CT molecular complexity index is 662. The highest BCUT2D eigenvalue weighted by Gasteiger charge is 2.32. The van der Waals surface area contributed by atoms with Crippen LogP contribution in [0.5, 0.6) is 0 Å². The number of nitrogens with zero attached hydrogens (tertiary/aromatic N) is 3. The molecule has 0 bridgehead atoms. The first kappa shape index (κ1) is 13.5. The van der Waals surface area contributed by atoms with Gasteiger partial charge in [-0.05, 0) is 38.0 Å². The zero-order chi connectivity index (χ0) is 14.8. The number of likely N-dealkylation sites (tertiary alicyclic amines) is 1. The Hall–Kier alpha value is -2.43. The van der Waals surface area contributed by atoms with Crippen LogP contribution in [0.4, 0.5) is 0 Å². The molecule has 0 aromatic carbocycles. The van der Waals surface area contributed by atoms with Crippen molar-refractivity contribution in [3.63, 3.8) is 0 Å². The molecule has 1 amide bonds. The van der Waals surface area contributed by atoms with Crippen molar-refractivity contribution in [1.82, 2.24) is 20.1 Å². The Morgan fingerprint density at radius 3 is 2.95 bits per heavy atom. The van der Waals surface area contributed by atoms with E-state index in [0.717, 1.165) is 41.9 Å². The van der Waals surface area contributed by atoms with Gasteiger partial charge in [0, 0.05) is 35.8 Å². The summed E-state index contributed by atoms with van der Waals surface area (Å²) in [6.45, 7) is 6.38. The van der Waals surface area contributed by atoms with E-state index in [2.05, 4.69) is 21.8 Å². The summed E-state index contributed by atoms with van der Waals surface area (Å²) in [6.07, 6.45) is 6.86. The lowest BCUT2D eigenvalue weighted by Gasteiger charge is -2.24. The van der Waals surface area contributed by atoms with Crippen molar-refractivity contribution in [2.24, 2.45) is 0 Å². The molecule has 5 heteroatoms. The van der Waals surface area contributed by atoms with Crippen molar-refractivity contribution in [3.8, 4) is 11.3 Å². The number of H-pyrrole nitrogens is 1. The molecule has 1 aliphatic rings. The van der Waals surface area contributed by atoms with Crippen molar-refractivity contribution in [2.75, 3.05) is 6.54 Å². The SMILES string of the molecule is C=CC(=O)N1CCCC1c1c(-c2ccncc2)n[nH]c1C. The number of aromatic amines is 1. The minimum Gasteiger partial charge on any atom is -0.332 e. The van der Waals surface area contributed by atoms with E-state index >= 15 is 0 Å². The number of pyridine rings is 1. The number of aryl methyl sites for hydroxylation is 1. The molecule has 0 spiro atoms. The largest absolute Gasteiger partial charge is 0.332 e. The van der Waals surface area contributed by atoms with E-state index in [1.807, 2.05) is 24.0 Å². The maximum Gasteiger partial charge on any atom is 0.246 e. The summed E-state index contributed by atoms with van der Waals surface area (Å²) in [6, 6.07) is 3.94. The summed E-state index contributed by atoms with van der Waals surface area (Å²) in [5.41, 5.74) is 4.04. The van der Waals surface area contributed by atoms with E-state index in [-0.39, 0.29) is 11.9 Å². The quantitative estimate of drug-likeness (QED) is 0.880. The number of hydrogen-bond acceptors (Lipinski definition) is 3. The molecular weight excluding hydrogens is 264 g/mol. The molecule has 1 aliphatic heterocycles. The van der Waals surface area contributed by atoms with Crippen molar-refractivity contribution in [2.45, 2.75) is 25.8 Å². The van der Waals surface area contributed by atoms with E-state index in [4.69, 9.17) is 0 Å². The number of aromatic nitrogens is 3. The summed E-state index contributed by atoms with van der Waals surface area (Å²) >= 11 is 0. The normalized spacial score (nSPS) is 18.0. The van der Waals surface area contributed by atoms with E-state index in [1.54, 1.807) is 12.4 Å². The van der Waals surface area contributed by atoms with Crippen molar-refractivity contribution in [3.05, 3.63) is 48.4 Å². The number of carbonyl (C=O) groups excluding carboxylic acids is 1. The topological polar surface area (TPSA) is 61.9 Å². The summed E-state index contributed by atoms with van der Waals surface area (Å²) in [5, 5.41) is 7.49. The van der Waals surface area contributed by atoms with Crippen molar-refractivity contribution in [1.29, 1.82) is 0 Å². The molecule has 2 aromatic heterocycles. The molecular formula is C16H18N4O. The van der Waals surface area contributed by atoms with Crippen molar-refractivity contribution < 1.29 is 4.79 Å². The molecule has 5 nitrogen and oxygen atoms in total. The van der Waals surface area contributed by atoms with Gasteiger partial charge in [0.1, 0.15) is 0 Å². The van der Waals surface area contributed by atoms with Gasteiger partial charge in [-0.15, -0.1) is 0 Å². The molecule has 2 aromatic rings. The first-order chi connectivity index (χ1) is 10.2. The van der Waals surface area contributed by atoms with Crippen LogP contribution in [0.2, 0.25) is 0 Å². The van der Waals surface area contributed by atoms with Crippen LogP contribution >= 0.6 is 0 Å². The molecule has 1 unspecified atom stereocenters. The van der Waals surface area contributed by atoms with Crippen LogP contribution in [0.1, 0.15) is 30.1 Å². The Labute approximate surface area is 123 Å². The van der Waals surface area contributed by atoms with Crippen LogP contribution in [0, 0.1) is 6.92 Å². The zero-order valence-corrected chi connectivity index (χ0v) is 12.0. The number of carbonyl (C=O) groups is 1. The minimum absolute atomic E-state index is 0.0150. The second-order valence-electron chi connectivity index (χ2n) is 5.24. The molecule has 0 aliphatic carbocycles. The standard InChI is InChI=1S/C16H18N4O/c1-3-14(21)20-10-4-5-13(20)15-11(2)18-19-16(15)12-6-8-17-9-7-12/h3,6-9,13H,1,4-5,10H2,2H3,(H,18,19). The third-order valence-corrected chi connectivity index (χ3v) is 3.99. The van der Waals surface area contributed by atoms with Gasteiger partial charge in [0.15, 0.2) is 0 Å². The first-order valence-electron chi connectivity index (χ1n) is 7.10. The van der Waals surface area contributed by atoms with Gasteiger partial charge in [-0.3, -0.25) is 14.9 Å². The lowest BCUT2D eigenvalue weighted by atomic mass is 9.98. The molecule has 3 heterocycles. The Morgan fingerprint density at radius 2 is 2.24 bits per heavy atom. The molecule has 1 N–H and O–H groups in total. The van der Waals surface area contributed by atoms with Gasteiger partial charge in [0.2, 0.25) is 5.91 Å². The fourth-order valence-electron chi connectivity index (χ4n) is 3.02. The first-order valence-corrected chi connectivity index (χ1v) is 7.10. The average Bonchev–Trinajstić information content (AvgIpc) is 3.13. The maximum absolute atomic E-state index is 12.0. The second kappa shape index (κ2) is 5.52. The predicted octanol–water partition coefficient (Wildman–Crippen LogP) is 2.63. The van der Waals surface area contributed by atoms with Gasteiger partial charge in [-0.1, -0.05) is 6.58 Å². The number of nitrogens with one attached hydrogen (secondary N) is 1. The predicted molar refractivity (Wildman–Crippen MR) is 80.4 cm³/mol. The minimum atomic E-state index is -0.0150. The molecule has 0 radical (unpaired) electrons. The highest BCUT2D eigenvalue weighted by atomic mass is 16.2. The van der Waals surface area contributed by atoms with Crippen LogP contribution in [0.25, 0.3) is 11.3 Å². The lowest BCUT2D eigenvalue weighted by molar-refractivity contribution is -0.126. The smallest absolute Gasteiger partial charge is 0.246 e. The van der Waals surface area contributed by atoms with Crippen LogP contribution < -0.4 is 0 Å². The molecule has 1 fully saturated rings. The van der Waals surface area contributed by atoms with Gasteiger partial charge in [-0.2, -0.15) is 5.10 Å². The van der Waals surface area contributed by atoms with Crippen molar-refractivity contribution >= 4 is 5.91 Å². The Morgan fingerprint density at radius 1 is 1.48 bits per heavy atom.